The minimum absolute atomic E-state index is 0.0318. The first kappa shape index (κ1) is 20.6. The Morgan fingerprint density at radius 3 is 2.33 bits per heavy atom. The van der Waals surface area contributed by atoms with E-state index in [2.05, 4.69) is 20.9 Å². The van der Waals surface area contributed by atoms with Crippen LogP contribution in [0.15, 0.2) is 48.5 Å². The number of ether oxygens (including phenoxy) is 2. The van der Waals surface area contributed by atoms with Crippen LogP contribution in [-0.2, 0) is 11.3 Å². The fourth-order valence-electron chi connectivity index (χ4n) is 2.71. The normalized spacial score (nSPS) is 10.3. The van der Waals surface area contributed by atoms with Crippen LogP contribution in [0.1, 0.15) is 17.4 Å². The summed E-state index contributed by atoms with van der Waals surface area (Å²) >= 11 is 0. The standard InChI is InChI=1S/C20H22N6O4/c1-3-30-16-11-7-5-9-14(16)22-17(27)12-26-19(21)18(24-25-26)20(28)23-13-8-4-6-10-15(13)29-2/h4-11H,3,12,21H2,1-2H3,(H,22,27)(H,23,28). The Morgan fingerprint density at radius 1 is 1.03 bits per heavy atom. The lowest BCUT2D eigenvalue weighted by atomic mass is 10.2. The number of amides is 2. The zero-order chi connectivity index (χ0) is 21.5. The number of aromatic nitrogens is 3. The lowest BCUT2D eigenvalue weighted by molar-refractivity contribution is -0.116. The van der Waals surface area contributed by atoms with Crippen molar-refractivity contribution in [3.63, 3.8) is 0 Å². The second-order valence-corrected chi connectivity index (χ2v) is 6.11. The molecule has 0 bridgehead atoms. The summed E-state index contributed by atoms with van der Waals surface area (Å²) in [6.45, 7) is 2.10. The van der Waals surface area contributed by atoms with Crippen LogP contribution in [0, 0.1) is 0 Å². The summed E-state index contributed by atoms with van der Waals surface area (Å²) in [4.78, 5) is 24.9. The molecule has 30 heavy (non-hydrogen) atoms. The molecule has 3 rings (SSSR count). The van der Waals surface area contributed by atoms with Crippen molar-refractivity contribution >= 4 is 29.0 Å². The van der Waals surface area contributed by atoms with Crippen molar-refractivity contribution in [1.82, 2.24) is 15.0 Å². The van der Waals surface area contributed by atoms with Gasteiger partial charge in [0, 0.05) is 0 Å². The second kappa shape index (κ2) is 9.41. The van der Waals surface area contributed by atoms with Crippen LogP contribution in [-0.4, -0.2) is 40.5 Å². The van der Waals surface area contributed by atoms with Crippen LogP contribution in [0.3, 0.4) is 0 Å². The van der Waals surface area contributed by atoms with Gasteiger partial charge in [-0.15, -0.1) is 5.10 Å². The van der Waals surface area contributed by atoms with Gasteiger partial charge in [-0.2, -0.15) is 0 Å². The highest BCUT2D eigenvalue weighted by molar-refractivity contribution is 6.06. The lowest BCUT2D eigenvalue weighted by Crippen LogP contribution is -2.21. The molecular weight excluding hydrogens is 388 g/mol. The van der Waals surface area contributed by atoms with Crippen molar-refractivity contribution in [1.29, 1.82) is 0 Å². The van der Waals surface area contributed by atoms with Crippen molar-refractivity contribution in [2.75, 3.05) is 30.1 Å². The minimum Gasteiger partial charge on any atom is -0.495 e. The van der Waals surface area contributed by atoms with Crippen LogP contribution in [0.25, 0.3) is 0 Å². The van der Waals surface area contributed by atoms with Gasteiger partial charge < -0.3 is 25.8 Å². The zero-order valence-electron chi connectivity index (χ0n) is 16.6. The van der Waals surface area contributed by atoms with Gasteiger partial charge in [0.05, 0.1) is 25.1 Å². The van der Waals surface area contributed by atoms with E-state index in [0.29, 0.717) is 29.5 Å². The summed E-state index contributed by atoms with van der Waals surface area (Å²) in [6.07, 6.45) is 0. The van der Waals surface area contributed by atoms with Crippen LogP contribution in [0.2, 0.25) is 0 Å². The van der Waals surface area contributed by atoms with E-state index in [9.17, 15) is 9.59 Å². The molecule has 4 N–H and O–H groups in total. The second-order valence-electron chi connectivity index (χ2n) is 6.11. The van der Waals surface area contributed by atoms with Crippen LogP contribution in [0.5, 0.6) is 11.5 Å². The number of carbonyl (C=O) groups excluding carboxylic acids is 2. The topological polar surface area (TPSA) is 133 Å². The van der Waals surface area contributed by atoms with Crippen molar-refractivity contribution in [3.05, 3.63) is 54.2 Å². The maximum Gasteiger partial charge on any atom is 0.280 e. The van der Waals surface area contributed by atoms with Gasteiger partial charge in [0.2, 0.25) is 5.91 Å². The van der Waals surface area contributed by atoms with Crippen molar-refractivity contribution in [3.8, 4) is 11.5 Å². The predicted octanol–water partition coefficient (Wildman–Crippen LogP) is 2.16. The molecule has 2 aromatic carbocycles. The van der Waals surface area contributed by atoms with E-state index in [1.807, 2.05) is 13.0 Å². The molecule has 0 saturated carbocycles. The fraction of sp³-hybridized carbons (Fsp3) is 0.200. The Labute approximate surface area is 173 Å². The highest BCUT2D eigenvalue weighted by Crippen LogP contribution is 2.25. The molecule has 3 aromatic rings. The average Bonchev–Trinajstić information content (AvgIpc) is 3.10. The molecule has 1 heterocycles. The highest BCUT2D eigenvalue weighted by Gasteiger charge is 2.20. The lowest BCUT2D eigenvalue weighted by Gasteiger charge is -2.11. The summed E-state index contributed by atoms with van der Waals surface area (Å²) in [5.41, 5.74) is 6.88. The van der Waals surface area contributed by atoms with E-state index >= 15 is 0 Å². The number of hydrogen-bond donors (Lipinski definition) is 3. The van der Waals surface area contributed by atoms with Crippen molar-refractivity contribution < 1.29 is 19.1 Å². The average molecular weight is 410 g/mol. The van der Waals surface area contributed by atoms with E-state index in [1.165, 1.54) is 7.11 Å². The number of methoxy groups -OCH3 is 1. The number of rotatable bonds is 8. The number of benzene rings is 2. The summed E-state index contributed by atoms with van der Waals surface area (Å²) in [5, 5.41) is 13.0. The molecule has 0 unspecified atom stereocenters. The molecule has 2 amide bonds. The Morgan fingerprint density at radius 2 is 1.67 bits per heavy atom. The van der Waals surface area contributed by atoms with Gasteiger partial charge in [-0.05, 0) is 31.2 Å². The smallest absolute Gasteiger partial charge is 0.280 e. The maximum absolute atomic E-state index is 12.5. The molecule has 1 aromatic heterocycles. The molecule has 0 aliphatic rings. The number of nitrogen functional groups attached to an aromatic ring is 1. The molecule has 10 heteroatoms. The minimum atomic E-state index is -0.564. The Bertz CT molecular complexity index is 1050. The first-order valence-corrected chi connectivity index (χ1v) is 9.18. The number of nitrogens with zero attached hydrogens (tertiary/aromatic N) is 3. The highest BCUT2D eigenvalue weighted by atomic mass is 16.5. The summed E-state index contributed by atoms with van der Waals surface area (Å²) < 4.78 is 11.8. The third-order valence-corrected chi connectivity index (χ3v) is 4.10. The third-order valence-electron chi connectivity index (χ3n) is 4.10. The number of hydrogen-bond acceptors (Lipinski definition) is 7. The SMILES string of the molecule is CCOc1ccccc1NC(=O)Cn1nnc(C(=O)Nc2ccccc2OC)c1N. The molecule has 0 fully saturated rings. The van der Waals surface area contributed by atoms with Gasteiger partial charge in [0.15, 0.2) is 11.5 Å². The first-order valence-electron chi connectivity index (χ1n) is 9.18. The quantitative estimate of drug-likeness (QED) is 0.518. The molecule has 0 spiro atoms. The van der Waals surface area contributed by atoms with Gasteiger partial charge in [-0.3, -0.25) is 9.59 Å². The number of carbonyl (C=O) groups is 2. The molecule has 0 saturated heterocycles. The van der Waals surface area contributed by atoms with Gasteiger partial charge in [0.25, 0.3) is 5.91 Å². The van der Waals surface area contributed by atoms with Crippen molar-refractivity contribution in [2.45, 2.75) is 13.5 Å². The van der Waals surface area contributed by atoms with E-state index in [-0.39, 0.29) is 18.1 Å². The largest absolute Gasteiger partial charge is 0.495 e. The van der Waals surface area contributed by atoms with E-state index < -0.39 is 11.8 Å². The number of anilines is 3. The van der Waals surface area contributed by atoms with Gasteiger partial charge in [0.1, 0.15) is 18.0 Å². The third kappa shape index (κ3) is 4.66. The van der Waals surface area contributed by atoms with Crippen molar-refractivity contribution in [2.24, 2.45) is 0 Å². The van der Waals surface area contributed by atoms with E-state index in [4.69, 9.17) is 15.2 Å². The van der Waals surface area contributed by atoms with Crippen LogP contribution < -0.4 is 25.8 Å². The Hall–Kier alpha value is -4.08. The fourth-order valence-corrected chi connectivity index (χ4v) is 2.71. The Balaban J connectivity index is 1.69. The van der Waals surface area contributed by atoms with E-state index in [0.717, 1.165) is 4.68 Å². The number of nitrogens with two attached hydrogens (primary N) is 1. The summed E-state index contributed by atoms with van der Waals surface area (Å²) in [6, 6.07) is 14.0. The monoisotopic (exact) mass is 410 g/mol. The zero-order valence-corrected chi connectivity index (χ0v) is 16.6. The maximum atomic E-state index is 12.5. The predicted molar refractivity (Wildman–Crippen MR) is 112 cm³/mol. The number of nitrogens with one attached hydrogen (secondary N) is 2. The van der Waals surface area contributed by atoms with Gasteiger partial charge in [-0.1, -0.05) is 29.5 Å². The summed E-state index contributed by atoms with van der Waals surface area (Å²) in [7, 11) is 1.50. The number of para-hydroxylation sites is 4. The van der Waals surface area contributed by atoms with Crippen LogP contribution >= 0.6 is 0 Å². The van der Waals surface area contributed by atoms with Gasteiger partial charge in [-0.25, -0.2) is 4.68 Å². The first-order chi connectivity index (χ1) is 14.5. The molecule has 0 radical (unpaired) electrons. The van der Waals surface area contributed by atoms with Crippen LogP contribution in [0.4, 0.5) is 17.2 Å². The molecule has 10 nitrogen and oxygen atoms in total. The molecule has 0 aliphatic heterocycles. The molecular formula is C20H22N6O4. The summed E-state index contributed by atoms with van der Waals surface area (Å²) in [5.74, 6) is 0.0531. The molecule has 0 aliphatic carbocycles. The van der Waals surface area contributed by atoms with E-state index in [1.54, 1.807) is 42.5 Å². The molecule has 156 valence electrons. The Kier molecular flexibility index (Phi) is 6.48. The van der Waals surface area contributed by atoms with Gasteiger partial charge >= 0.3 is 0 Å². The molecule has 0 atom stereocenters.